The van der Waals surface area contributed by atoms with Crippen molar-refractivity contribution in [3.8, 4) is 0 Å². The van der Waals surface area contributed by atoms with E-state index in [4.69, 9.17) is 4.42 Å². The van der Waals surface area contributed by atoms with Gasteiger partial charge in [0.2, 0.25) is 0 Å². The predicted molar refractivity (Wildman–Crippen MR) is 136 cm³/mol. The fraction of sp³-hybridized carbons (Fsp3) is 0.172. The number of hydrogen-bond donors (Lipinski definition) is 0. The van der Waals surface area contributed by atoms with E-state index in [1.165, 1.54) is 4.90 Å². The van der Waals surface area contributed by atoms with E-state index in [0.29, 0.717) is 47.2 Å². The van der Waals surface area contributed by atoms with Gasteiger partial charge in [-0.1, -0.05) is 48.0 Å². The van der Waals surface area contributed by atoms with Crippen molar-refractivity contribution in [3.05, 3.63) is 112 Å². The van der Waals surface area contributed by atoms with Gasteiger partial charge in [0.15, 0.2) is 0 Å². The van der Waals surface area contributed by atoms with E-state index in [1.807, 2.05) is 37.3 Å². The molecular weight excluding hydrogens is 456 g/mol. The highest BCUT2D eigenvalue weighted by atomic mass is 16.4. The van der Waals surface area contributed by atoms with Crippen LogP contribution >= 0.6 is 0 Å². The van der Waals surface area contributed by atoms with Gasteiger partial charge in [-0.2, -0.15) is 0 Å². The van der Waals surface area contributed by atoms with Crippen LogP contribution in [0.4, 0.5) is 5.69 Å². The lowest BCUT2D eigenvalue weighted by molar-refractivity contribution is 0.0651. The molecular formula is C29H24N2O5. The maximum Gasteiger partial charge on any atom is 0.349 e. The Hall–Kier alpha value is -4.52. The minimum Gasteiger partial charge on any atom is -0.422 e. The minimum atomic E-state index is -0.693. The standard InChI is InChI=1S/C29H24N2O5/c1-19-12-14-21(15-13-19)30(28(34)24-18-20-8-2-5-11-25(20)36-29(24)35)16-6-7-17-31-26(32)22-9-3-4-10-23(22)27(31)33/h2-5,8-15,18H,6-7,16-17H2,1H3. The summed E-state index contributed by atoms with van der Waals surface area (Å²) in [7, 11) is 0. The Bertz CT molecular complexity index is 1500. The number of amides is 3. The van der Waals surface area contributed by atoms with Crippen LogP contribution in [0.5, 0.6) is 0 Å². The molecule has 0 N–H and O–H groups in total. The Labute approximate surface area is 207 Å². The van der Waals surface area contributed by atoms with Crippen LogP contribution in [0.1, 0.15) is 49.5 Å². The second kappa shape index (κ2) is 9.62. The molecule has 7 heteroatoms. The van der Waals surface area contributed by atoms with Crippen LogP contribution < -0.4 is 10.5 Å². The number of fused-ring (bicyclic) bond motifs is 2. The molecule has 0 radical (unpaired) electrons. The summed E-state index contributed by atoms with van der Waals surface area (Å²) in [6, 6.07) is 22.9. The molecule has 3 aromatic carbocycles. The molecule has 180 valence electrons. The number of carbonyl (C=O) groups excluding carboxylic acids is 3. The molecule has 3 amide bonds. The Morgan fingerprint density at radius 3 is 2.17 bits per heavy atom. The van der Waals surface area contributed by atoms with Gasteiger partial charge in [0.05, 0.1) is 11.1 Å². The zero-order chi connectivity index (χ0) is 25.2. The number of anilines is 1. The maximum absolute atomic E-state index is 13.5. The summed E-state index contributed by atoms with van der Waals surface area (Å²) in [5.41, 5.74) is 2.21. The monoisotopic (exact) mass is 480 g/mol. The number of rotatable bonds is 7. The van der Waals surface area contributed by atoms with Crippen LogP contribution in [0.25, 0.3) is 11.0 Å². The molecule has 2 heterocycles. The maximum atomic E-state index is 13.5. The SMILES string of the molecule is Cc1ccc(N(CCCCN2C(=O)c3ccccc3C2=O)C(=O)c2cc3ccccc3oc2=O)cc1. The van der Waals surface area contributed by atoms with Gasteiger partial charge in [-0.15, -0.1) is 0 Å². The summed E-state index contributed by atoms with van der Waals surface area (Å²) < 4.78 is 5.38. The van der Waals surface area contributed by atoms with Crippen molar-refractivity contribution in [3.63, 3.8) is 0 Å². The van der Waals surface area contributed by atoms with Gasteiger partial charge in [0, 0.05) is 24.2 Å². The van der Waals surface area contributed by atoms with Crippen molar-refractivity contribution >= 4 is 34.4 Å². The first-order valence-corrected chi connectivity index (χ1v) is 11.8. The van der Waals surface area contributed by atoms with Crippen LogP contribution in [0.3, 0.4) is 0 Å². The topological polar surface area (TPSA) is 87.9 Å². The summed E-state index contributed by atoms with van der Waals surface area (Å²) >= 11 is 0. The van der Waals surface area contributed by atoms with E-state index in [0.717, 1.165) is 5.56 Å². The predicted octanol–water partition coefficient (Wildman–Crippen LogP) is 4.82. The van der Waals surface area contributed by atoms with Gasteiger partial charge < -0.3 is 9.32 Å². The normalized spacial score (nSPS) is 12.8. The van der Waals surface area contributed by atoms with Crippen LogP contribution in [0.15, 0.2) is 88.1 Å². The molecule has 1 aliphatic heterocycles. The summed E-state index contributed by atoms with van der Waals surface area (Å²) in [6.07, 6.45) is 1.03. The lowest BCUT2D eigenvalue weighted by Crippen LogP contribution is -2.36. The van der Waals surface area contributed by atoms with Crippen LogP contribution in [0.2, 0.25) is 0 Å². The Morgan fingerprint density at radius 2 is 1.47 bits per heavy atom. The highest BCUT2D eigenvalue weighted by Gasteiger charge is 2.34. The third-order valence-corrected chi connectivity index (χ3v) is 6.35. The lowest BCUT2D eigenvalue weighted by Gasteiger charge is -2.23. The highest BCUT2D eigenvalue weighted by molar-refractivity contribution is 6.21. The second-order valence-electron chi connectivity index (χ2n) is 8.79. The molecule has 4 aromatic rings. The number of aryl methyl sites for hydroxylation is 1. The second-order valence-corrected chi connectivity index (χ2v) is 8.79. The summed E-state index contributed by atoms with van der Waals surface area (Å²) in [5, 5.41) is 0.662. The Balaban J connectivity index is 1.34. The van der Waals surface area contributed by atoms with Crippen molar-refractivity contribution in [2.45, 2.75) is 19.8 Å². The first-order chi connectivity index (χ1) is 17.4. The van der Waals surface area contributed by atoms with Crippen molar-refractivity contribution in [1.82, 2.24) is 4.90 Å². The highest BCUT2D eigenvalue weighted by Crippen LogP contribution is 2.24. The Kier molecular flexibility index (Phi) is 6.21. The van der Waals surface area contributed by atoms with E-state index >= 15 is 0 Å². The molecule has 0 fully saturated rings. The average Bonchev–Trinajstić information content (AvgIpc) is 3.13. The van der Waals surface area contributed by atoms with Gasteiger partial charge in [0.1, 0.15) is 11.1 Å². The third-order valence-electron chi connectivity index (χ3n) is 6.35. The van der Waals surface area contributed by atoms with E-state index in [9.17, 15) is 19.2 Å². The first kappa shape index (κ1) is 23.2. The van der Waals surface area contributed by atoms with Gasteiger partial charge >= 0.3 is 5.63 Å². The molecule has 7 nitrogen and oxygen atoms in total. The van der Waals surface area contributed by atoms with Gasteiger partial charge in [0.25, 0.3) is 17.7 Å². The van der Waals surface area contributed by atoms with E-state index in [-0.39, 0.29) is 23.9 Å². The van der Waals surface area contributed by atoms with E-state index < -0.39 is 11.5 Å². The number of carbonyl (C=O) groups is 3. The molecule has 0 spiro atoms. The first-order valence-electron chi connectivity index (χ1n) is 11.8. The quantitative estimate of drug-likeness (QED) is 0.215. The number of nitrogens with zero attached hydrogens (tertiary/aromatic N) is 2. The number of para-hydroxylation sites is 1. The van der Waals surface area contributed by atoms with E-state index in [1.54, 1.807) is 53.4 Å². The molecule has 1 aromatic heterocycles. The van der Waals surface area contributed by atoms with Crippen LogP contribution in [-0.4, -0.2) is 35.7 Å². The molecule has 0 unspecified atom stereocenters. The number of benzene rings is 3. The average molecular weight is 481 g/mol. The molecule has 0 aliphatic carbocycles. The smallest absolute Gasteiger partial charge is 0.349 e. The van der Waals surface area contributed by atoms with Crippen LogP contribution in [0, 0.1) is 6.92 Å². The summed E-state index contributed by atoms with van der Waals surface area (Å²) in [5.74, 6) is -1.05. The lowest BCUT2D eigenvalue weighted by atomic mass is 10.1. The molecule has 0 saturated heterocycles. The molecule has 0 atom stereocenters. The molecule has 5 rings (SSSR count). The number of imide groups is 1. The molecule has 0 bridgehead atoms. The zero-order valence-electron chi connectivity index (χ0n) is 19.8. The van der Waals surface area contributed by atoms with Crippen molar-refractivity contribution in [2.24, 2.45) is 0 Å². The largest absolute Gasteiger partial charge is 0.422 e. The summed E-state index contributed by atoms with van der Waals surface area (Å²) in [4.78, 5) is 54.2. The third kappa shape index (κ3) is 4.31. The van der Waals surface area contributed by atoms with E-state index in [2.05, 4.69) is 0 Å². The van der Waals surface area contributed by atoms with Crippen molar-refractivity contribution in [2.75, 3.05) is 18.0 Å². The van der Waals surface area contributed by atoms with Gasteiger partial charge in [-0.25, -0.2) is 4.79 Å². The Morgan fingerprint density at radius 1 is 0.833 bits per heavy atom. The van der Waals surface area contributed by atoms with Crippen molar-refractivity contribution in [1.29, 1.82) is 0 Å². The molecule has 1 aliphatic rings. The number of hydrogen-bond acceptors (Lipinski definition) is 5. The molecule has 36 heavy (non-hydrogen) atoms. The van der Waals surface area contributed by atoms with Crippen LogP contribution in [-0.2, 0) is 0 Å². The molecule has 0 saturated carbocycles. The zero-order valence-corrected chi connectivity index (χ0v) is 19.8. The fourth-order valence-corrected chi connectivity index (χ4v) is 4.41. The number of unbranched alkanes of at least 4 members (excludes halogenated alkanes) is 1. The fourth-order valence-electron chi connectivity index (χ4n) is 4.41. The minimum absolute atomic E-state index is 0.0466. The summed E-state index contributed by atoms with van der Waals surface area (Å²) in [6.45, 7) is 2.51. The van der Waals surface area contributed by atoms with Gasteiger partial charge in [-0.05, 0) is 56.2 Å². The van der Waals surface area contributed by atoms with Gasteiger partial charge in [-0.3, -0.25) is 19.3 Å². The van der Waals surface area contributed by atoms with Crippen molar-refractivity contribution < 1.29 is 18.8 Å².